The van der Waals surface area contributed by atoms with Crippen molar-refractivity contribution in [3.8, 4) is 5.69 Å². The molecule has 3 aromatic rings. The van der Waals surface area contributed by atoms with Crippen molar-refractivity contribution >= 4 is 17.7 Å². The summed E-state index contributed by atoms with van der Waals surface area (Å²) in [5.41, 5.74) is 6.58. The van der Waals surface area contributed by atoms with Crippen molar-refractivity contribution in [3.05, 3.63) is 70.9 Å². The summed E-state index contributed by atoms with van der Waals surface area (Å²) in [6.07, 6.45) is 2.69. The largest absolute Gasteiger partial charge is 0.381 e. The molecule has 1 amide bonds. The Balaban J connectivity index is 1.57. The fourth-order valence-electron chi connectivity index (χ4n) is 3.60. The van der Waals surface area contributed by atoms with Crippen molar-refractivity contribution in [3.63, 3.8) is 0 Å². The number of ether oxygens (including phenoxy) is 1. The van der Waals surface area contributed by atoms with E-state index >= 15 is 0 Å². The predicted octanol–water partition coefficient (Wildman–Crippen LogP) is 2.26. The number of amides is 1. The van der Waals surface area contributed by atoms with Crippen molar-refractivity contribution in [1.82, 2.24) is 14.3 Å². The van der Waals surface area contributed by atoms with Crippen LogP contribution >= 0.6 is 11.8 Å². The lowest BCUT2D eigenvalue weighted by Gasteiger charge is -2.34. The second-order valence-electron chi connectivity index (χ2n) is 7.12. The highest BCUT2D eigenvalue weighted by Crippen LogP contribution is 2.37. The van der Waals surface area contributed by atoms with Crippen LogP contribution in [-0.2, 0) is 22.0 Å². The van der Waals surface area contributed by atoms with E-state index in [4.69, 9.17) is 10.5 Å². The third kappa shape index (κ3) is 3.73. The Bertz CT molecular complexity index is 1080. The minimum Gasteiger partial charge on any atom is -0.381 e. The Labute approximate surface area is 172 Å². The van der Waals surface area contributed by atoms with E-state index in [2.05, 4.69) is 5.10 Å². The number of carbonyl (C=O) groups is 1. The molecular weight excluding hydrogens is 388 g/mol. The van der Waals surface area contributed by atoms with Gasteiger partial charge in [0.25, 0.3) is 0 Å². The van der Waals surface area contributed by atoms with Crippen LogP contribution in [0.4, 0.5) is 0 Å². The monoisotopic (exact) mass is 410 g/mol. The summed E-state index contributed by atoms with van der Waals surface area (Å²) in [5.74, 6) is -0.298. The van der Waals surface area contributed by atoms with Crippen LogP contribution in [0.25, 0.3) is 5.69 Å². The Morgan fingerprint density at radius 2 is 1.86 bits per heavy atom. The maximum absolute atomic E-state index is 12.3. The van der Waals surface area contributed by atoms with Gasteiger partial charge in [0.1, 0.15) is 6.33 Å². The minimum atomic E-state index is -0.668. The van der Waals surface area contributed by atoms with Gasteiger partial charge >= 0.3 is 5.69 Å². The van der Waals surface area contributed by atoms with Gasteiger partial charge in [0.2, 0.25) is 5.91 Å². The highest BCUT2D eigenvalue weighted by Gasteiger charge is 2.40. The summed E-state index contributed by atoms with van der Waals surface area (Å²) in [5, 5.41) is 4.09. The first-order valence-corrected chi connectivity index (χ1v) is 10.2. The van der Waals surface area contributed by atoms with Gasteiger partial charge in [-0.05, 0) is 54.8 Å². The van der Waals surface area contributed by atoms with Crippen molar-refractivity contribution in [2.24, 2.45) is 12.8 Å². The predicted molar refractivity (Wildman–Crippen MR) is 110 cm³/mol. The van der Waals surface area contributed by atoms with E-state index in [0.29, 0.717) is 31.7 Å². The van der Waals surface area contributed by atoms with Crippen LogP contribution in [0.5, 0.6) is 0 Å². The Kier molecular flexibility index (Phi) is 5.29. The van der Waals surface area contributed by atoms with E-state index < -0.39 is 5.41 Å². The zero-order chi connectivity index (χ0) is 20.4. The molecule has 1 aliphatic rings. The standard InChI is InChI=1S/C21H22N4O3S/c1-24-14-23-25(20(24)27)16-5-7-17(8-6-16)29-18-4-2-3-15(13-18)21(19(22)26)9-11-28-12-10-21/h2-8,13-14H,9-12H2,1H3,(H2,22,26). The Morgan fingerprint density at radius 1 is 1.14 bits per heavy atom. The van der Waals surface area contributed by atoms with Gasteiger partial charge in [-0.25, -0.2) is 4.79 Å². The SMILES string of the molecule is Cn1cnn(-c2ccc(Sc3cccc(C4(C(N)=O)CCOCC4)c3)cc2)c1=O. The van der Waals surface area contributed by atoms with Gasteiger partial charge in [-0.1, -0.05) is 23.9 Å². The van der Waals surface area contributed by atoms with Crippen LogP contribution in [0.15, 0.2) is 69.4 Å². The Morgan fingerprint density at radius 3 is 2.48 bits per heavy atom. The summed E-state index contributed by atoms with van der Waals surface area (Å²) in [4.78, 5) is 26.4. The number of benzene rings is 2. The first-order chi connectivity index (χ1) is 14.0. The number of hydrogen-bond acceptors (Lipinski definition) is 5. The van der Waals surface area contributed by atoms with E-state index in [1.54, 1.807) is 18.8 Å². The highest BCUT2D eigenvalue weighted by atomic mass is 32.2. The van der Waals surface area contributed by atoms with Gasteiger partial charge < -0.3 is 10.5 Å². The van der Waals surface area contributed by atoms with E-state index in [0.717, 1.165) is 15.4 Å². The molecule has 2 N–H and O–H groups in total. The molecule has 0 unspecified atom stereocenters. The van der Waals surface area contributed by atoms with Gasteiger partial charge in [-0.2, -0.15) is 9.78 Å². The lowest BCUT2D eigenvalue weighted by atomic mass is 9.73. The number of rotatable bonds is 5. The van der Waals surface area contributed by atoms with Crippen molar-refractivity contribution in [2.45, 2.75) is 28.0 Å². The average molecular weight is 410 g/mol. The smallest absolute Gasteiger partial charge is 0.350 e. The maximum atomic E-state index is 12.3. The first-order valence-electron chi connectivity index (χ1n) is 9.37. The molecule has 7 nitrogen and oxygen atoms in total. The van der Waals surface area contributed by atoms with E-state index in [9.17, 15) is 9.59 Å². The number of aromatic nitrogens is 3. The first kappa shape index (κ1) is 19.5. The van der Waals surface area contributed by atoms with Crippen LogP contribution < -0.4 is 11.4 Å². The van der Waals surface area contributed by atoms with Gasteiger partial charge in [0.05, 0.1) is 11.1 Å². The zero-order valence-corrected chi connectivity index (χ0v) is 16.9. The number of hydrogen-bond donors (Lipinski definition) is 1. The molecule has 0 radical (unpaired) electrons. The molecular formula is C21H22N4O3S. The molecule has 1 aromatic heterocycles. The van der Waals surface area contributed by atoms with Crippen molar-refractivity contribution < 1.29 is 9.53 Å². The normalized spacial score (nSPS) is 15.9. The number of primary amides is 1. The van der Waals surface area contributed by atoms with Crippen molar-refractivity contribution in [1.29, 1.82) is 0 Å². The summed E-state index contributed by atoms with van der Waals surface area (Å²) in [7, 11) is 1.67. The average Bonchev–Trinajstić information content (AvgIpc) is 3.08. The molecule has 2 aromatic carbocycles. The molecule has 4 rings (SSSR count). The second-order valence-corrected chi connectivity index (χ2v) is 8.27. The van der Waals surface area contributed by atoms with Crippen LogP contribution in [0, 0.1) is 0 Å². The summed E-state index contributed by atoms with van der Waals surface area (Å²) < 4.78 is 8.22. The Hall–Kier alpha value is -2.84. The second kappa shape index (κ2) is 7.88. The third-order valence-electron chi connectivity index (χ3n) is 5.34. The van der Waals surface area contributed by atoms with Gasteiger partial charge in [0.15, 0.2) is 0 Å². The third-order valence-corrected chi connectivity index (χ3v) is 6.34. The molecule has 29 heavy (non-hydrogen) atoms. The summed E-state index contributed by atoms with van der Waals surface area (Å²) >= 11 is 1.59. The van der Waals surface area contributed by atoms with E-state index in [-0.39, 0.29) is 11.6 Å². The quantitative estimate of drug-likeness (QED) is 0.697. The molecule has 150 valence electrons. The topological polar surface area (TPSA) is 92.1 Å². The molecule has 0 spiro atoms. The lowest BCUT2D eigenvalue weighted by Crippen LogP contribution is -2.45. The van der Waals surface area contributed by atoms with Gasteiger partial charge in [0, 0.05) is 30.1 Å². The van der Waals surface area contributed by atoms with Crippen LogP contribution in [-0.4, -0.2) is 33.5 Å². The van der Waals surface area contributed by atoms with Crippen molar-refractivity contribution in [2.75, 3.05) is 13.2 Å². The number of nitrogens with zero attached hydrogens (tertiary/aromatic N) is 3. The van der Waals surface area contributed by atoms with E-state index in [1.165, 1.54) is 15.6 Å². The molecule has 1 aliphatic heterocycles. The fraction of sp³-hybridized carbons (Fsp3) is 0.286. The van der Waals surface area contributed by atoms with E-state index in [1.807, 2.05) is 48.5 Å². The number of nitrogens with two attached hydrogens (primary N) is 1. The molecule has 1 fully saturated rings. The highest BCUT2D eigenvalue weighted by molar-refractivity contribution is 7.99. The van der Waals surface area contributed by atoms with Crippen LogP contribution in [0.3, 0.4) is 0 Å². The lowest BCUT2D eigenvalue weighted by molar-refractivity contribution is -0.127. The molecule has 2 heterocycles. The number of aryl methyl sites for hydroxylation is 1. The maximum Gasteiger partial charge on any atom is 0.350 e. The van der Waals surface area contributed by atoms with Gasteiger partial charge in [-0.15, -0.1) is 0 Å². The summed E-state index contributed by atoms with van der Waals surface area (Å²) in [6, 6.07) is 15.6. The molecule has 8 heteroatoms. The zero-order valence-electron chi connectivity index (χ0n) is 16.1. The number of carbonyl (C=O) groups excluding carboxylic acids is 1. The summed E-state index contributed by atoms with van der Waals surface area (Å²) in [6.45, 7) is 1.07. The molecule has 0 saturated carbocycles. The molecule has 1 saturated heterocycles. The molecule has 0 atom stereocenters. The van der Waals surface area contributed by atoms with Crippen LogP contribution in [0.2, 0.25) is 0 Å². The van der Waals surface area contributed by atoms with Crippen LogP contribution in [0.1, 0.15) is 18.4 Å². The molecule has 0 bridgehead atoms. The minimum absolute atomic E-state index is 0.189. The fourth-order valence-corrected chi connectivity index (χ4v) is 4.48. The molecule has 0 aliphatic carbocycles. The van der Waals surface area contributed by atoms with Gasteiger partial charge in [-0.3, -0.25) is 9.36 Å².